The second-order valence-corrected chi connectivity index (χ2v) is 6.26. The zero-order valence-corrected chi connectivity index (χ0v) is 13.4. The second-order valence-electron chi connectivity index (χ2n) is 6.26. The lowest BCUT2D eigenvalue weighted by molar-refractivity contribution is 0.285. The van der Waals surface area contributed by atoms with E-state index in [9.17, 15) is 0 Å². The van der Waals surface area contributed by atoms with Gasteiger partial charge in [0.2, 0.25) is 0 Å². The summed E-state index contributed by atoms with van der Waals surface area (Å²) in [4.78, 5) is 2.62. The number of likely N-dealkylation sites (tertiary alicyclic amines) is 1. The van der Waals surface area contributed by atoms with Crippen LogP contribution < -0.4 is 5.32 Å². The van der Waals surface area contributed by atoms with Gasteiger partial charge in [-0.05, 0) is 49.4 Å². The van der Waals surface area contributed by atoms with Crippen LogP contribution in [0.15, 0.2) is 24.3 Å². The molecular formula is C18H30N2. The van der Waals surface area contributed by atoms with E-state index in [1.54, 1.807) is 0 Å². The fourth-order valence-corrected chi connectivity index (χ4v) is 3.04. The molecule has 1 N–H and O–H groups in total. The first-order valence-corrected chi connectivity index (χ1v) is 8.27. The van der Waals surface area contributed by atoms with E-state index in [1.165, 1.54) is 37.1 Å². The fourth-order valence-electron chi connectivity index (χ4n) is 3.04. The molecule has 2 unspecified atom stereocenters. The number of hydrogen-bond donors (Lipinski definition) is 1. The Morgan fingerprint density at radius 2 is 2.00 bits per heavy atom. The van der Waals surface area contributed by atoms with E-state index in [2.05, 4.69) is 55.3 Å². The van der Waals surface area contributed by atoms with Gasteiger partial charge in [0, 0.05) is 19.1 Å². The SMILES string of the molecule is CCCNC(CN1CCC(C)C1)c1ccc(CC)cc1. The molecule has 1 heterocycles. The Labute approximate surface area is 124 Å². The van der Waals surface area contributed by atoms with Crippen molar-refractivity contribution in [3.63, 3.8) is 0 Å². The third kappa shape index (κ3) is 4.32. The molecule has 2 atom stereocenters. The van der Waals surface area contributed by atoms with Crippen LogP contribution in [0.25, 0.3) is 0 Å². The van der Waals surface area contributed by atoms with Crippen molar-refractivity contribution in [2.45, 2.75) is 46.1 Å². The van der Waals surface area contributed by atoms with Gasteiger partial charge in [0.25, 0.3) is 0 Å². The number of nitrogens with one attached hydrogen (secondary N) is 1. The minimum Gasteiger partial charge on any atom is -0.309 e. The summed E-state index contributed by atoms with van der Waals surface area (Å²) in [6.07, 6.45) is 3.67. The third-order valence-corrected chi connectivity index (χ3v) is 4.38. The van der Waals surface area contributed by atoms with Gasteiger partial charge in [-0.15, -0.1) is 0 Å². The third-order valence-electron chi connectivity index (χ3n) is 4.38. The van der Waals surface area contributed by atoms with E-state index < -0.39 is 0 Å². The number of rotatable bonds is 7. The summed E-state index contributed by atoms with van der Waals surface area (Å²) in [5, 5.41) is 3.72. The molecule has 1 aromatic carbocycles. The van der Waals surface area contributed by atoms with Crippen molar-refractivity contribution in [3.05, 3.63) is 35.4 Å². The molecule has 2 nitrogen and oxygen atoms in total. The van der Waals surface area contributed by atoms with Crippen LogP contribution in [0.5, 0.6) is 0 Å². The topological polar surface area (TPSA) is 15.3 Å². The Kier molecular flexibility index (Phi) is 6.06. The maximum Gasteiger partial charge on any atom is 0.0449 e. The van der Waals surface area contributed by atoms with Gasteiger partial charge in [-0.3, -0.25) is 0 Å². The van der Waals surface area contributed by atoms with Gasteiger partial charge >= 0.3 is 0 Å². The van der Waals surface area contributed by atoms with Crippen molar-refractivity contribution in [3.8, 4) is 0 Å². The predicted octanol–water partition coefficient (Wildman–Crippen LogP) is 3.63. The average Bonchev–Trinajstić information content (AvgIpc) is 2.89. The van der Waals surface area contributed by atoms with Gasteiger partial charge < -0.3 is 10.2 Å². The highest BCUT2D eigenvalue weighted by Crippen LogP contribution is 2.21. The van der Waals surface area contributed by atoms with Gasteiger partial charge in [-0.2, -0.15) is 0 Å². The molecule has 1 aliphatic rings. The van der Waals surface area contributed by atoms with Crippen LogP contribution in [0, 0.1) is 5.92 Å². The quantitative estimate of drug-likeness (QED) is 0.817. The number of hydrogen-bond acceptors (Lipinski definition) is 2. The maximum atomic E-state index is 3.72. The summed E-state index contributed by atoms with van der Waals surface area (Å²) in [7, 11) is 0. The van der Waals surface area contributed by atoms with Crippen LogP contribution >= 0.6 is 0 Å². The highest BCUT2D eigenvalue weighted by atomic mass is 15.2. The fraction of sp³-hybridized carbons (Fsp3) is 0.667. The molecule has 20 heavy (non-hydrogen) atoms. The first kappa shape index (κ1) is 15.5. The predicted molar refractivity (Wildman–Crippen MR) is 87.1 cm³/mol. The van der Waals surface area contributed by atoms with Crippen molar-refractivity contribution >= 4 is 0 Å². The van der Waals surface area contributed by atoms with Crippen LogP contribution in [0.3, 0.4) is 0 Å². The van der Waals surface area contributed by atoms with Crippen molar-refractivity contribution in [1.29, 1.82) is 0 Å². The highest BCUT2D eigenvalue weighted by Gasteiger charge is 2.22. The lowest BCUT2D eigenvalue weighted by Crippen LogP contribution is -2.34. The minimum atomic E-state index is 0.478. The first-order valence-electron chi connectivity index (χ1n) is 8.27. The molecule has 2 heteroatoms. The number of aryl methyl sites for hydroxylation is 1. The summed E-state index contributed by atoms with van der Waals surface area (Å²) in [5.74, 6) is 0.865. The summed E-state index contributed by atoms with van der Waals surface area (Å²) < 4.78 is 0. The monoisotopic (exact) mass is 274 g/mol. The van der Waals surface area contributed by atoms with Crippen LogP contribution in [0.2, 0.25) is 0 Å². The lowest BCUT2D eigenvalue weighted by Gasteiger charge is -2.25. The number of nitrogens with zero attached hydrogens (tertiary/aromatic N) is 1. The smallest absolute Gasteiger partial charge is 0.0449 e. The Hall–Kier alpha value is -0.860. The number of benzene rings is 1. The molecule has 0 saturated carbocycles. The van der Waals surface area contributed by atoms with Crippen molar-refractivity contribution in [1.82, 2.24) is 10.2 Å². The van der Waals surface area contributed by atoms with E-state index in [-0.39, 0.29) is 0 Å². The lowest BCUT2D eigenvalue weighted by atomic mass is 10.0. The molecule has 0 amide bonds. The zero-order valence-electron chi connectivity index (χ0n) is 13.4. The van der Waals surface area contributed by atoms with Gasteiger partial charge in [-0.1, -0.05) is 45.0 Å². The minimum absolute atomic E-state index is 0.478. The molecule has 1 fully saturated rings. The molecule has 1 saturated heterocycles. The molecule has 0 radical (unpaired) electrons. The Bertz CT molecular complexity index is 385. The van der Waals surface area contributed by atoms with Gasteiger partial charge in [0.15, 0.2) is 0 Å². The zero-order chi connectivity index (χ0) is 14.4. The van der Waals surface area contributed by atoms with Crippen LogP contribution in [-0.4, -0.2) is 31.1 Å². The normalized spacial score (nSPS) is 21.2. The van der Waals surface area contributed by atoms with Crippen LogP contribution in [-0.2, 0) is 6.42 Å². The van der Waals surface area contributed by atoms with Crippen molar-refractivity contribution < 1.29 is 0 Å². The van der Waals surface area contributed by atoms with Crippen molar-refractivity contribution in [2.24, 2.45) is 5.92 Å². The Morgan fingerprint density at radius 3 is 2.55 bits per heavy atom. The Balaban J connectivity index is 2.01. The molecule has 0 aromatic heterocycles. The average molecular weight is 274 g/mol. The standard InChI is InChI=1S/C18H30N2/c1-4-11-19-18(14-20-12-10-15(3)13-20)17-8-6-16(5-2)7-9-17/h6-9,15,18-19H,4-5,10-14H2,1-3H3. The van der Waals surface area contributed by atoms with Crippen LogP contribution in [0.1, 0.15) is 50.8 Å². The van der Waals surface area contributed by atoms with Gasteiger partial charge in [-0.25, -0.2) is 0 Å². The molecule has 1 aromatic rings. The molecule has 2 rings (SSSR count). The van der Waals surface area contributed by atoms with E-state index in [0.717, 1.165) is 25.4 Å². The van der Waals surface area contributed by atoms with Crippen molar-refractivity contribution in [2.75, 3.05) is 26.2 Å². The van der Waals surface area contributed by atoms with E-state index >= 15 is 0 Å². The van der Waals surface area contributed by atoms with Gasteiger partial charge in [0.1, 0.15) is 0 Å². The summed E-state index contributed by atoms with van der Waals surface area (Å²) >= 11 is 0. The molecule has 112 valence electrons. The molecule has 0 spiro atoms. The summed E-state index contributed by atoms with van der Waals surface area (Å²) in [5.41, 5.74) is 2.87. The van der Waals surface area contributed by atoms with E-state index in [0.29, 0.717) is 6.04 Å². The molecular weight excluding hydrogens is 244 g/mol. The van der Waals surface area contributed by atoms with E-state index in [1.807, 2.05) is 0 Å². The molecule has 0 bridgehead atoms. The van der Waals surface area contributed by atoms with Crippen LogP contribution in [0.4, 0.5) is 0 Å². The highest BCUT2D eigenvalue weighted by molar-refractivity contribution is 5.25. The molecule has 0 aliphatic carbocycles. The van der Waals surface area contributed by atoms with E-state index in [4.69, 9.17) is 0 Å². The summed E-state index contributed by atoms with van der Waals surface area (Å²) in [6.45, 7) is 11.6. The largest absolute Gasteiger partial charge is 0.309 e. The summed E-state index contributed by atoms with van der Waals surface area (Å²) in [6, 6.07) is 9.66. The van der Waals surface area contributed by atoms with Gasteiger partial charge in [0.05, 0.1) is 0 Å². The second kappa shape index (κ2) is 7.80. The maximum absolute atomic E-state index is 3.72. The Morgan fingerprint density at radius 1 is 1.25 bits per heavy atom. The first-order chi connectivity index (χ1) is 9.72. The molecule has 1 aliphatic heterocycles.